The Morgan fingerprint density at radius 2 is 1.52 bits per heavy atom. The summed E-state index contributed by atoms with van der Waals surface area (Å²) in [6, 6.07) is 19.5. The number of rotatable bonds is 7. The molecule has 0 aliphatic carbocycles. The lowest BCUT2D eigenvalue weighted by atomic mass is 10.2. The Labute approximate surface area is 125 Å². The van der Waals surface area contributed by atoms with Crippen LogP contribution < -0.4 is 16.0 Å². The lowest BCUT2D eigenvalue weighted by molar-refractivity contribution is 0.252. The minimum atomic E-state index is -0.163. The second-order valence-electron chi connectivity index (χ2n) is 4.76. The first-order chi connectivity index (χ1) is 10.3. The molecular weight excluding hydrogens is 262 g/mol. The van der Waals surface area contributed by atoms with Crippen molar-refractivity contribution < 1.29 is 4.79 Å². The Kier molecular flexibility index (Phi) is 6.29. The molecule has 0 aliphatic heterocycles. The molecule has 2 aromatic rings. The number of para-hydroxylation sites is 1. The largest absolute Gasteiger partial charge is 0.338 e. The van der Waals surface area contributed by atoms with Gasteiger partial charge in [-0.05, 0) is 30.7 Å². The van der Waals surface area contributed by atoms with Crippen LogP contribution in [0.3, 0.4) is 0 Å². The fraction of sp³-hybridized carbons (Fsp3) is 0.235. The minimum absolute atomic E-state index is 0.163. The van der Waals surface area contributed by atoms with Gasteiger partial charge in [-0.15, -0.1) is 0 Å². The van der Waals surface area contributed by atoms with E-state index in [9.17, 15) is 4.79 Å². The molecule has 0 radical (unpaired) electrons. The van der Waals surface area contributed by atoms with E-state index in [2.05, 4.69) is 28.1 Å². The molecule has 4 nitrogen and oxygen atoms in total. The molecular formula is C17H21N3O. The molecule has 0 heterocycles. The van der Waals surface area contributed by atoms with Crippen LogP contribution in [-0.4, -0.2) is 19.1 Å². The number of anilines is 1. The molecule has 4 heteroatoms. The van der Waals surface area contributed by atoms with E-state index in [0.717, 1.165) is 25.2 Å². The molecule has 2 amide bonds. The molecule has 110 valence electrons. The summed E-state index contributed by atoms with van der Waals surface area (Å²) < 4.78 is 0. The number of amides is 2. The maximum atomic E-state index is 11.6. The van der Waals surface area contributed by atoms with Crippen LogP contribution >= 0.6 is 0 Å². The first-order valence-corrected chi connectivity index (χ1v) is 7.19. The second-order valence-corrected chi connectivity index (χ2v) is 4.76. The first kappa shape index (κ1) is 15.1. The van der Waals surface area contributed by atoms with E-state index in [1.807, 2.05) is 48.5 Å². The van der Waals surface area contributed by atoms with Gasteiger partial charge in [0.2, 0.25) is 0 Å². The number of benzene rings is 2. The van der Waals surface area contributed by atoms with Crippen LogP contribution in [0.1, 0.15) is 12.0 Å². The molecule has 0 saturated carbocycles. The van der Waals surface area contributed by atoms with E-state index in [4.69, 9.17) is 0 Å². The van der Waals surface area contributed by atoms with Gasteiger partial charge in [0.25, 0.3) is 0 Å². The summed E-state index contributed by atoms with van der Waals surface area (Å²) in [5.41, 5.74) is 2.07. The van der Waals surface area contributed by atoms with Gasteiger partial charge < -0.3 is 16.0 Å². The van der Waals surface area contributed by atoms with Crippen molar-refractivity contribution >= 4 is 11.7 Å². The molecule has 3 N–H and O–H groups in total. The van der Waals surface area contributed by atoms with Gasteiger partial charge in [0, 0.05) is 18.8 Å². The number of carbonyl (C=O) groups excluding carboxylic acids is 1. The van der Waals surface area contributed by atoms with Gasteiger partial charge >= 0.3 is 6.03 Å². The van der Waals surface area contributed by atoms with Crippen LogP contribution in [0.25, 0.3) is 0 Å². The van der Waals surface area contributed by atoms with Crippen LogP contribution in [0.4, 0.5) is 10.5 Å². The molecule has 0 unspecified atom stereocenters. The van der Waals surface area contributed by atoms with Crippen LogP contribution in [0.15, 0.2) is 60.7 Å². The molecule has 0 fully saturated rings. The van der Waals surface area contributed by atoms with Crippen LogP contribution in [-0.2, 0) is 6.54 Å². The topological polar surface area (TPSA) is 53.2 Å². The lowest BCUT2D eigenvalue weighted by Gasteiger charge is -2.08. The van der Waals surface area contributed by atoms with Crippen LogP contribution in [0, 0.1) is 0 Å². The van der Waals surface area contributed by atoms with Gasteiger partial charge in [-0.3, -0.25) is 0 Å². The highest BCUT2D eigenvalue weighted by Gasteiger charge is 1.99. The minimum Gasteiger partial charge on any atom is -0.338 e. The molecule has 21 heavy (non-hydrogen) atoms. The normalized spacial score (nSPS) is 10.1. The first-order valence-electron chi connectivity index (χ1n) is 7.19. The summed E-state index contributed by atoms with van der Waals surface area (Å²) in [5.74, 6) is 0. The zero-order valence-corrected chi connectivity index (χ0v) is 12.0. The third kappa shape index (κ3) is 6.10. The van der Waals surface area contributed by atoms with E-state index < -0.39 is 0 Å². The monoisotopic (exact) mass is 283 g/mol. The van der Waals surface area contributed by atoms with Crippen molar-refractivity contribution in [3.63, 3.8) is 0 Å². The maximum Gasteiger partial charge on any atom is 0.319 e. The lowest BCUT2D eigenvalue weighted by Crippen LogP contribution is -2.31. The fourth-order valence-electron chi connectivity index (χ4n) is 1.94. The van der Waals surface area contributed by atoms with E-state index in [-0.39, 0.29) is 6.03 Å². The summed E-state index contributed by atoms with van der Waals surface area (Å²) in [5, 5.41) is 8.98. The van der Waals surface area contributed by atoms with E-state index in [1.165, 1.54) is 5.56 Å². The Morgan fingerprint density at radius 3 is 2.24 bits per heavy atom. The van der Waals surface area contributed by atoms with Gasteiger partial charge in [-0.25, -0.2) is 4.79 Å². The number of carbonyl (C=O) groups is 1. The van der Waals surface area contributed by atoms with Crippen molar-refractivity contribution in [1.82, 2.24) is 10.6 Å². The highest BCUT2D eigenvalue weighted by atomic mass is 16.2. The van der Waals surface area contributed by atoms with Crippen LogP contribution in [0.2, 0.25) is 0 Å². The Bertz CT molecular complexity index is 528. The highest BCUT2D eigenvalue weighted by molar-refractivity contribution is 5.89. The number of hydrogen-bond acceptors (Lipinski definition) is 2. The van der Waals surface area contributed by atoms with E-state index in [0.29, 0.717) is 6.54 Å². The molecule has 0 aromatic heterocycles. The van der Waals surface area contributed by atoms with Gasteiger partial charge in [0.1, 0.15) is 0 Å². The molecule has 2 rings (SSSR count). The van der Waals surface area contributed by atoms with Crippen molar-refractivity contribution in [3.8, 4) is 0 Å². The molecule has 0 aliphatic rings. The summed E-state index contributed by atoms with van der Waals surface area (Å²) in [7, 11) is 0. The summed E-state index contributed by atoms with van der Waals surface area (Å²) in [4.78, 5) is 11.6. The van der Waals surface area contributed by atoms with Gasteiger partial charge in [0.15, 0.2) is 0 Å². The third-order valence-electron chi connectivity index (χ3n) is 3.02. The molecule has 0 bridgehead atoms. The highest BCUT2D eigenvalue weighted by Crippen LogP contribution is 2.03. The van der Waals surface area contributed by atoms with Gasteiger partial charge in [-0.1, -0.05) is 48.5 Å². The van der Waals surface area contributed by atoms with Gasteiger partial charge in [0.05, 0.1) is 0 Å². The zero-order chi connectivity index (χ0) is 14.8. The summed E-state index contributed by atoms with van der Waals surface area (Å²) >= 11 is 0. The van der Waals surface area contributed by atoms with Gasteiger partial charge in [-0.2, -0.15) is 0 Å². The smallest absolute Gasteiger partial charge is 0.319 e. The summed E-state index contributed by atoms with van der Waals surface area (Å²) in [6.07, 6.45) is 0.898. The Hall–Kier alpha value is -2.33. The Balaban J connectivity index is 1.52. The average molecular weight is 283 g/mol. The summed E-state index contributed by atoms with van der Waals surface area (Å²) in [6.45, 7) is 2.39. The standard InChI is InChI=1S/C17H21N3O/c21-17(20-16-10-5-2-6-11-16)19-13-7-12-18-14-15-8-3-1-4-9-15/h1-6,8-11,18H,7,12-14H2,(H2,19,20,21). The molecule has 0 atom stereocenters. The van der Waals surface area contributed by atoms with Crippen molar-refractivity contribution in [2.45, 2.75) is 13.0 Å². The van der Waals surface area contributed by atoms with Crippen molar-refractivity contribution in [1.29, 1.82) is 0 Å². The molecule has 0 saturated heterocycles. The zero-order valence-electron chi connectivity index (χ0n) is 12.0. The second kappa shape index (κ2) is 8.76. The van der Waals surface area contributed by atoms with Crippen molar-refractivity contribution in [3.05, 3.63) is 66.2 Å². The molecule has 0 spiro atoms. The maximum absolute atomic E-state index is 11.6. The fourth-order valence-corrected chi connectivity index (χ4v) is 1.94. The van der Waals surface area contributed by atoms with Crippen molar-refractivity contribution in [2.75, 3.05) is 18.4 Å². The average Bonchev–Trinajstić information content (AvgIpc) is 2.53. The number of nitrogens with one attached hydrogen (secondary N) is 3. The predicted molar refractivity (Wildman–Crippen MR) is 86.2 cm³/mol. The molecule has 2 aromatic carbocycles. The van der Waals surface area contributed by atoms with Crippen LogP contribution in [0.5, 0.6) is 0 Å². The van der Waals surface area contributed by atoms with E-state index >= 15 is 0 Å². The number of urea groups is 1. The predicted octanol–water partition coefficient (Wildman–Crippen LogP) is 2.99. The third-order valence-corrected chi connectivity index (χ3v) is 3.02. The van der Waals surface area contributed by atoms with E-state index in [1.54, 1.807) is 0 Å². The quantitative estimate of drug-likeness (QED) is 0.684. The number of hydrogen-bond donors (Lipinski definition) is 3. The Morgan fingerprint density at radius 1 is 0.857 bits per heavy atom. The van der Waals surface area contributed by atoms with Crippen molar-refractivity contribution in [2.24, 2.45) is 0 Å². The SMILES string of the molecule is O=C(NCCCNCc1ccccc1)Nc1ccccc1.